The van der Waals surface area contributed by atoms with E-state index in [0.29, 0.717) is 12.1 Å². The van der Waals surface area contributed by atoms with Gasteiger partial charge in [-0.1, -0.05) is 59.6 Å². The van der Waals surface area contributed by atoms with Gasteiger partial charge in [-0.05, 0) is 49.4 Å². The average molecular weight is 483 g/mol. The molecule has 2 aromatic heterocycles. The molecule has 2 atom stereocenters. The first-order chi connectivity index (χ1) is 17.1. The van der Waals surface area contributed by atoms with E-state index in [4.69, 9.17) is 0 Å². The van der Waals surface area contributed by atoms with Gasteiger partial charge < -0.3 is 20.4 Å². The Balaban J connectivity index is 0.000000234. The SMILES string of the molecule is CC.CCC1CN(c2ccc(C)cn2)CCN1.CCCCC1CN(c2ccc(CC)cn2)CCN1. The van der Waals surface area contributed by atoms with Crippen LogP contribution in [0.3, 0.4) is 0 Å². The number of rotatable bonds is 7. The van der Waals surface area contributed by atoms with Gasteiger partial charge in [0.15, 0.2) is 0 Å². The smallest absolute Gasteiger partial charge is 0.128 e. The zero-order valence-corrected chi connectivity index (χ0v) is 23.2. The average Bonchev–Trinajstić information content (AvgIpc) is 2.94. The van der Waals surface area contributed by atoms with Gasteiger partial charge in [-0.2, -0.15) is 0 Å². The largest absolute Gasteiger partial charge is 0.354 e. The molecule has 0 saturated carbocycles. The minimum absolute atomic E-state index is 0.613. The number of anilines is 2. The maximum absolute atomic E-state index is 4.59. The third-order valence-electron chi connectivity index (χ3n) is 6.67. The number of piperazine rings is 2. The molecule has 196 valence electrons. The van der Waals surface area contributed by atoms with Crippen LogP contribution >= 0.6 is 0 Å². The van der Waals surface area contributed by atoms with E-state index < -0.39 is 0 Å². The Bertz CT molecular complexity index is 792. The Labute approximate surface area is 214 Å². The number of nitrogens with zero attached hydrogens (tertiary/aromatic N) is 4. The fourth-order valence-corrected chi connectivity index (χ4v) is 4.44. The van der Waals surface area contributed by atoms with Gasteiger partial charge in [0.2, 0.25) is 0 Å². The minimum Gasteiger partial charge on any atom is -0.354 e. The Morgan fingerprint density at radius 3 is 1.94 bits per heavy atom. The van der Waals surface area contributed by atoms with Crippen LogP contribution in [-0.4, -0.2) is 61.3 Å². The molecule has 2 saturated heterocycles. The van der Waals surface area contributed by atoms with Crippen molar-refractivity contribution in [2.24, 2.45) is 0 Å². The lowest BCUT2D eigenvalue weighted by Crippen LogP contribution is -2.50. The van der Waals surface area contributed by atoms with Crippen LogP contribution in [0.15, 0.2) is 36.7 Å². The van der Waals surface area contributed by atoms with Crippen LogP contribution in [0.1, 0.15) is 71.4 Å². The van der Waals surface area contributed by atoms with Crippen LogP contribution in [0.2, 0.25) is 0 Å². The van der Waals surface area contributed by atoms with E-state index in [9.17, 15) is 0 Å². The molecular weight excluding hydrogens is 432 g/mol. The van der Waals surface area contributed by atoms with Crippen molar-refractivity contribution in [2.75, 3.05) is 49.1 Å². The van der Waals surface area contributed by atoms with Crippen molar-refractivity contribution >= 4 is 11.6 Å². The third-order valence-corrected chi connectivity index (χ3v) is 6.67. The van der Waals surface area contributed by atoms with E-state index in [0.717, 1.165) is 57.3 Å². The fraction of sp³-hybridized carbons (Fsp3) is 0.655. The van der Waals surface area contributed by atoms with Gasteiger partial charge >= 0.3 is 0 Å². The van der Waals surface area contributed by atoms with Crippen molar-refractivity contribution in [2.45, 2.75) is 85.7 Å². The molecule has 4 rings (SSSR count). The number of hydrogen-bond donors (Lipinski definition) is 2. The van der Waals surface area contributed by atoms with Gasteiger partial charge in [0.05, 0.1) is 0 Å². The molecule has 0 spiro atoms. The second-order valence-corrected chi connectivity index (χ2v) is 9.32. The first-order valence-electron chi connectivity index (χ1n) is 14.0. The molecule has 0 aromatic carbocycles. The highest BCUT2D eigenvalue weighted by atomic mass is 15.2. The normalized spacial score (nSPS) is 19.8. The quantitative estimate of drug-likeness (QED) is 0.564. The van der Waals surface area contributed by atoms with Crippen LogP contribution in [0.4, 0.5) is 11.6 Å². The zero-order chi connectivity index (χ0) is 25.5. The standard InChI is InChI=1S/C15H25N3.C12H19N3.C2H6/c1-3-5-6-14-12-18(10-9-16-14)15-8-7-13(4-2)11-17-15;1-3-11-9-15(7-6-13-11)12-5-4-10(2)8-14-12;1-2/h7-8,11,14,16H,3-6,9-10,12H2,1-2H3;4-5,8,11,13H,3,6-7,9H2,1-2H3;1-2H3. The summed E-state index contributed by atoms with van der Waals surface area (Å²) in [5.74, 6) is 2.25. The first-order valence-corrected chi connectivity index (χ1v) is 14.0. The molecule has 6 nitrogen and oxygen atoms in total. The van der Waals surface area contributed by atoms with Crippen molar-refractivity contribution in [3.63, 3.8) is 0 Å². The molecule has 35 heavy (non-hydrogen) atoms. The summed E-state index contributed by atoms with van der Waals surface area (Å²) in [5, 5.41) is 7.12. The summed E-state index contributed by atoms with van der Waals surface area (Å²) < 4.78 is 0. The van der Waals surface area contributed by atoms with E-state index in [1.807, 2.05) is 26.2 Å². The first kappa shape index (κ1) is 29.1. The second-order valence-electron chi connectivity index (χ2n) is 9.32. The topological polar surface area (TPSA) is 56.3 Å². The van der Waals surface area contributed by atoms with Crippen LogP contribution in [0.5, 0.6) is 0 Å². The Morgan fingerprint density at radius 1 is 0.829 bits per heavy atom. The number of pyridine rings is 2. The molecule has 2 N–H and O–H groups in total. The monoisotopic (exact) mass is 482 g/mol. The zero-order valence-electron chi connectivity index (χ0n) is 23.2. The van der Waals surface area contributed by atoms with E-state index >= 15 is 0 Å². The van der Waals surface area contributed by atoms with Gasteiger partial charge in [0.25, 0.3) is 0 Å². The lowest BCUT2D eigenvalue weighted by atomic mass is 10.1. The highest BCUT2D eigenvalue weighted by Crippen LogP contribution is 2.16. The third kappa shape index (κ3) is 9.77. The van der Waals surface area contributed by atoms with Gasteiger partial charge in [-0.3, -0.25) is 0 Å². The minimum atomic E-state index is 0.613. The van der Waals surface area contributed by atoms with E-state index in [2.05, 4.69) is 82.4 Å². The summed E-state index contributed by atoms with van der Waals surface area (Å²) in [4.78, 5) is 13.8. The van der Waals surface area contributed by atoms with Crippen LogP contribution in [0.25, 0.3) is 0 Å². The molecule has 2 fully saturated rings. The number of aryl methyl sites for hydroxylation is 2. The summed E-state index contributed by atoms with van der Waals surface area (Å²) in [6.45, 7) is 19.2. The predicted octanol–water partition coefficient (Wildman–Crippen LogP) is 5.22. The van der Waals surface area contributed by atoms with Crippen molar-refractivity contribution in [1.82, 2.24) is 20.6 Å². The Morgan fingerprint density at radius 2 is 1.43 bits per heavy atom. The molecule has 2 aliphatic heterocycles. The van der Waals surface area contributed by atoms with E-state index in [1.165, 1.54) is 36.8 Å². The fourth-order valence-electron chi connectivity index (χ4n) is 4.44. The lowest BCUT2D eigenvalue weighted by Gasteiger charge is -2.34. The van der Waals surface area contributed by atoms with E-state index in [1.54, 1.807) is 0 Å². The van der Waals surface area contributed by atoms with E-state index in [-0.39, 0.29) is 0 Å². The molecule has 2 aliphatic rings. The van der Waals surface area contributed by atoms with Crippen molar-refractivity contribution in [3.05, 3.63) is 47.8 Å². The van der Waals surface area contributed by atoms with Gasteiger partial charge in [0, 0.05) is 63.7 Å². The summed E-state index contributed by atoms with van der Waals surface area (Å²) in [6, 6.07) is 9.86. The van der Waals surface area contributed by atoms with Gasteiger partial charge in [0.1, 0.15) is 11.6 Å². The van der Waals surface area contributed by atoms with Gasteiger partial charge in [-0.15, -0.1) is 0 Å². The lowest BCUT2D eigenvalue weighted by molar-refractivity contribution is 0.421. The molecule has 2 unspecified atom stereocenters. The molecule has 4 heterocycles. The summed E-state index contributed by atoms with van der Waals surface area (Å²) in [6.07, 6.45) is 10.1. The molecular formula is C29H50N6. The molecule has 0 radical (unpaired) electrons. The second kappa shape index (κ2) is 16.5. The number of hydrogen-bond acceptors (Lipinski definition) is 6. The maximum atomic E-state index is 4.59. The summed E-state index contributed by atoms with van der Waals surface area (Å²) in [5.41, 5.74) is 2.54. The summed E-state index contributed by atoms with van der Waals surface area (Å²) >= 11 is 0. The number of unbranched alkanes of at least 4 members (excludes halogenated alkanes) is 1. The predicted molar refractivity (Wildman–Crippen MR) is 152 cm³/mol. The Kier molecular flexibility index (Phi) is 13.7. The maximum Gasteiger partial charge on any atom is 0.128 e. The van der Waals surface area contributed by atoms with Crippen LogP contribution < -0.4 is 20.4 Å². The van der Waals surface area contributed by atoms with Crippen molar-refractivity contribution < 1.29 is 0 Å². The highest BCUT2D eigenvalue weighted by molar-refractivity contribution is 5.41. The van der Waals surface area contributed by atoms with Crippen LogP contribution in [0, 0.1) is 6.92 Å². The molecule has 6 heteroatoms. The van der Waals surface area contributed by atoms with Crippen LogP contribution in [-0.2, 0) is 6.42 Å². The van der Waals surface area contributed by atoms with Gasteiger partial charge in [-0.25, -0.2) is 9.97 Å². The Hall–Kier alpha value is -2.18. The highest BCUT2D eigenvalue weighted by Gasteiger charge is 2.20. The molecule has 0 bridgehead atoms. The summed E-state index contributed by atoms with van der Waals surface area (Å²) in [7, 11) is 0. The van der Waals surface area contributed by atoms with Crippen molar-refractivity contribution in [3.8, 4) is 0 Å². The molecule has 0 amide bonds. The molecule has 0 aliphatic carbocycles. The molecule has 2 aromatic rings. The van der Waals surface area contributed by atoms with Crippen molar-refractivity contribution in [1.29, 1.82) is 0 Å². The number of aromatic nitrogens is 2. The number of nitrogens with one attached hydrogen (secondary N) is 2.